The van der Waals surface area contributed by atoms with Crippen LogP contribution in [0.4, 0.5) is 5.69 Å². The van der Waals surface area contributed by atoms with E-state index in [2.05, 4.69) is 4.40 Å². The normalized spacial score (nSPS) is 11.6. The van der Waals surface area contributed by atoms with Gasteiger partial charge >= 0.3 is 0 Å². The maximum atomic E-state index is 11.7. The molecular formula is C8H7N5O4S. The van der Waals surface area contributed by atoms with E-state index in [1.807, 2.05) is 5.32 Å². The number of hydrogen-bond acceptors (Lipinski definition) is 5. The van der Waals surface area contributed by atoms with Gasteiger partial charge in [0.25, 0.3) is 15.7 Å². The first-order valence-electron chi connectivity index (χ1n) is 4.37. The lowest BCUT2D eigenvalue weighted by Crippen LogP contribution is -2.28. The monoisotopic (exact) mass is 269 g/mol. The lowest BCUT2D eigenvalue weighted by Gasteiger charge is -2.00. The number of nitro groups is 1. The number of hydrogen-bond donors (Lipinski definition) is 2. The highest BCUT2D eigenvalue weighted by Crippen LogP contribution is 2.18. The van der Waals surface area contributed by atoms with E-state index >= 15 is 0 Å². The molecule has 1 rings (SSSR count). The van der Waals surface area contributed by atoms with Gasteiger partial charge in [0.05, 0.1) is 9.82 Å². The van der Waals surface area contributed by atoms with Crippen LogP contribution in [0.5, 0.6) is 0 Å². The SMILES string of the molecule is N#CN/C(N)=N/S(=O)(=O)c1cccc([N+](=O)[O-])c1. The van der Waals surface area contributed by atoms with Crippen molar-refractivity contribution >= 4 is 21.7 Å². The number of guanidine groups is 1. The van der Waals surface area contributed by atoms with Crippen LogP contribution in [-0.4, -0.2) is 19.3 Å². The van der Waals surface area contributed by atoms with Crippen molar-refractivity contribution in [2.24, 2.45) is 10.1 Å². The molecule has 0 aromatic heterocycles. The molecule has 1 aromatic rings. The van der Waals surface area contributed by atoms with E-state index in [0.29, 0.717) is 0 Å². The van der Waals surface area contributed by atoms with Crippen LogP contribution < -0.4 is 11.1 Å². The fourth-order valence-corrected chi connectivity index (χ4v) is 1.95. The Bertz CT molecular complexity index is 646. The number of nitrogens with zero attached hydrogens (tertiary/aromatic N) is 3. The van der Waals surface area contributed by atoms with Crippen molar-refractivity contribution in [2.45, 2.75) is 4.90 Å². The van der Waals surface area contributed by atoms with Gasteiger partial charge in [-0.1, -0.05) is 6.07 Å². The van der Waals surface area contributed by atoms with Crippen LogP contribution in [-0.2, 0) is 10.0 Å². The Hall–Kier alpha value is -2.67. The largest absolute Gasteiger partial charge is 0.368 e. The Morgan fingerprint density at radius 3 is 2.78 bits per heavy atom. The summed E-state index contributed by atoms with van der Waals surface area (Å²) in [5.41, 5.74) is 4.72. The van der Waals surface area contributed by atoms with Gasteiger partial charge < -0.3 is 5.73 Å². The highest BCUT2D eigenvalue weighted by molar-refractivity contribution is 7.90. The lowest BCUT2D eigenvalue weighted by atomic mass is 10.3. The zero-order valence-corrected chi connectivity index (χ0v) is 9.59. The average molecular weight is 269 g/mol. The maximum absolute atomic E-state index is 11.7. The van der Waals surface area contributed by atoms with Crippen LogP contribution in [0.15, 0.2) is 33.6 Å². The topological polar surface area (TPSA) is 151 Å². The standard InChI is InChI=1S/C8H7N5O4S/c9-5-11-8(10)12-18(16,17)7-3-1-2-6(4-7)13(14)15/h1-4H,(H3,10,11,12). The number of rotatable bonds is 3. The third-order valence-corrected chi connectivity index (χ3v) is 3.02. The number of benzene rings is 1. The molecule has 18 heavy (non-hydrogen) atoms. The maximum Gasteiger partial charge on any atom is 0.285 e. The highest BCUT2D eigenvalue weighted by Gasteiger charge is 2.17. The number of non-ortho nitro benzene ring substituents is 1. The van der Waals surface area contributed by atoms with Gasteiger partial charge in [0, 0.05) is 12.1 Å². The number of sulfonamides is 1. The molecular weight excluding hydrogens is 262 g/mol. The minimum Gasteiger partial charge on any atom is -0.368 e. The summed E-state index contributed by atoms with van der Waals surface area (Å²) in [5.74, 6) is -0.621. The Labute approximate surface area is 102 Å². The van der Waals surface area contributed by atoms with Crippen molar-refractivity contribution < 1.29 is 13.3 Å². The van der Waals surface area contributed by atoms with Gasteiger partial charge in [0.15, 0.2) is 6.19 Å². The van der Waals surface area contributed by atoms with Gasteiger partial charge in [-0.05, 0) is 6.07 Å². The fourth-order valence-electron chi connectivity index (χ4n) is 1.02. The van der Waals surface area contributed by atoms with Gasteiger partial charge in [0.2, 0.25) is 5.96 Å². The van der Waals surface area contributed by atoms with E-state index in [1.54, 1.807) is 0 Å². The summed E-state index contributed by atoms with van der Waals surface area (Å²) in [7, 11) is -4.19. The van der Waals surface area contributed by atoms with E-state index in [4.69, 9.17) is 11.0 Å². The van der Waals surface area contributed by atoms with E-state index in [-0.39, 0.29) is 4.90 Å². The first kappa shape index (κ1) is 13.4. The van der Waals surface area contributed by atoms with Crippen molar-refractivity contribution in [2.75, 3.05) is 0 Å². The summed E-state index contributed by atoms with van der Waals surface area (Å²) in [6.45, 7) is 0. The van der Waals surface area contributed by atoms with Crippen LogP contribution >= 0.6 is 0 Å². The van der Waals surface area contributed by atoms with Gasteiger partial charge in [-0.25, -0.2) is 0 Å². The van der Waals surface area contributed by atoms with Crippen molar-refractivity contribution in [3.05, 3.63) is 34.4 Å². The molecule has 0 saturated heterocycles. The molecule has 0 unspecified atom stereocenters. The number of nitriles is 1. The molecule has 0 radical (unpaired) electrons. The van der Waals surface area contributed by atoms with Crippen LogP contribution in [0.1, 0.15) is 0 Å². The summed E-state index contributed by atoms with van der Waals surface area (Å²) < 4.78 is 26.4. The van der Waals surface area contributed by atoms with Crippen LogP contribution in [0.25, 0.3) is 0 Å². The van der Waals surface area contributed by atoms with Crippen molar-refractivity contribution in [1.29, 1.82) is 5.26 Å². The van der Waals surface area contributed by atoms with Gasteiger partial charge in [-0.2, -0.15) is 13.7 Å². The molecule has 0 aliphatic rings. The third kappa shape index (κ3) is 3.16. The Morgan fingerprint density at radius 2 is 2.22 bits per heavy atom. The van der Waals surface area contributed by atoms with E-state index in [0.717, 1.165) is 18.2 Å². The second-order valence-electron chi connectivity index (χ2n) is 2.94. The van der Waals surface area contributed by atoms with E-state index in [9.17, 15) is 18.5 Å². The third-order valence-electron chi connectivity index (χ3n) is 1.73. The Balaban J connectivity index is 3.22. The first-order chi connectivity index (χ1) is 8.36. The summed E-state index contributed by atoms with van der Waals surface area (Å²) in [4.78, 5) is 9.37. The van der Waals surface area contributed by atoms with Gasteiger partial charge in [0.1, 0.15) is 0 Å². The average Bonchev–Trinajstić information content (AvgIpc) is 2.28. The molecule has 10 heteroatoms. The predicted molar refractivity (Wildman–Crippen MR) is 60.7 cm³/mol. The van der Waals surface area contributed by atoms with Crippen LogP contribution in [0, 0.1) is 21.6 Å². The number of nitrogens with two attached hydrogens (primary N) is 1. The summed E-state index contributed by atoms with van der Waals surface area (Å²) in [5, 5.41) is 20.5. The fraction of sp³-hybridized carbons (Fsp3) is 0. The molecule has 94 valence electrons. The second-order valence-corrected chi connectivity index (χ2v) is 4.55. The quantitative estimate of drug-likeness (QED) is 0.190. The van der Waals surface area contributed by atoms with Crippen molar-refractivity contribution in [1.82, 2.24) is 5.32 Å². The number of nitro benzene ring substituents is 1. The van der Waals surface area contributed by atoms with Crippen LogP contribution in [0.2, 0.25) is 0 Å². The summed E-state index contributed by atoms with van der Waals surface area (Å²) >= 11 is 0. The van der Waals surface area contributed by atoms with E-state index in [1.165, 1.54) is 12.3 Å². The summed E-state index contributed by atoms with van der Waals surface area (Å²) in [6.07, 6.45) is 1.39. The molecule has 0 aliphatic heterocycles. The van der Waals surface area contributed by atoms with Crippen molar-refractivity contribution in [3.8, 4) is 6.19 Å². The molecule has 0 bridgehead atoms. The molecule has 1 aromatic carbocycles. The van der Waals surface area contributed by atoms with Gasteiger partial charge in [-0.3, -0.25) is 15.4 Å². The summed E-state index contributed by atoms with van der Waals surface area (Å²) in [6, 6.07) is 4.32. The van der Waals surface area contributed by atoms with Crippen molar-refractivity contribution in [3.63, 3.8) is 0 Å². The first-order valence-corrected chi connectivity index (χ1v) is 5.81. The lowest BCUT2D eigenvalue weighted by molar-refractivity contribution is -0.385. The molecule has 0 saturated carbocycles. The Morgan fingerprint density at radius 1 is 1.56 bits per heavy atom. The molecule has 0 aliphatic carbocycles. The molecule has 0 spiro atoms. The molecule has 3 N–H and O–H groups in total. The van der Waals surface area contributed by atoms with Crippen LogP contribution in [0.3, 0.4) is 0 Å². The Kier molecular flexibility index (Phi) is 3.80. The van der Waals surface area contributed by atoms with Gasteiger partial charge in [-0.15, -0.1) is 4.40 Å². The minimum atomic E-state index is -4.19. The second kappa shape index (κ2) is 5.11. The number of nitrogens with one attached hydrogen (secondary N) is 1. The molecule has 0 atom stereocenters. The predicted octanol–water partition coefficient (Wildman–Crippen LogP) is -0.331. The smallest absolute Gasteiger partial charge is 0.285 e. The highest BCUT2D eigenvalue weighted by atomic mass is 32.2. The molecule has 0 heterocycles. The zero-order valence-electron chi connectivity index (χ0n) is 8.77. The minimum absolute atomic E-state index is 0.389. The van der Waals surface area contributed by atoms with E-state index < -0.39 is 26.6 Å². The molecule has 0 fully saturated rings. The molecule has 9 nitrogen and oxygen atoms in total. The zero-order chi connectivity index (χ0) is 13.8. The molecule has 0 amide bonds.